The van der Waals surface area contributed by atoms with Crippen molar-refractivity contribution in [2.75, 3.05) is 19.9 Å². The molecule has 1 aromatic rings. The molecule has 3 nitrogen and oxygen atoms in total. The van der Waals surface area contributed by atoms with Crippen LogP contribution in [0.5, 0.6) is 5.88 Å². The van der Waals surface area contributed by atoms with Crippen molar-refractivity contribution in [1.82, 2.24) is 10.3 Å². The van der Waals surface area contributed by atoms with Gasteiger partial charge in [0.1, 0.15) is 0 Å². The van der Waals surface area contributed by atoms with E-state index in [4.69, 9.17) is 4.74 Å². The molecule has 1 saturated carbocycles. The summed E-state index contributed by atoms with van der Waals surface area (Å²) in [5.74, 6) is 0.690. The molecule has 0 amide bonds. The van der Waals surface area contributed by atoms with Crippen LogP contribution in [0.25, 0.3) is 0 Å². The molecule has 18 heavy (non-hydrogen) atoms. The number of thioether (sulfide) groups is 1. The molecule has 0 bridgehead atoms. The van der Waals surface area contributed by atoms with Crippen molar-refractivity contribution in [1.29, 1.82) is 0 Å². The van der Waals surface area contributed by atoms with E-state index in [-0.39, 0.29) is 0 Å². The molecule has 1 fully saturated rings. The maximum atomic E-state index is 5.13. The minimum absolute atomic E-state index is 0.457. The molecule has 0 unspecified atom stereocenters. The number of hydrogen-bond acceptors (Lipinski definition) is 4. The minimum atomic E-state index is 0.457. The third-order valence-electron chi connectivity index (χ3n) is 3.69. The summed E-state index contributed by atoms with van der Waals surface area (Å²) in [6, 6.07) is 5.91. The Balaban J connectivity index is 1.84. The first kappa shape index (κ1) is 13.7. The van der Waals surface area contributed by atoms with E-state index in [1.807, 2.05) is 30.0 Å². The van der Waals surface area contributed by atoms with Crippen LogP contribution in [-0.4, -0.2) is 29.6 Å². The van der Waals surface area contributed by atoms with Crippen molar-refractivity contribution < 1.29 is 4.74 Å². The van der Waals surface area contributed by atoms with E-state index < -0.39 is 0 Å². The van der Waals surface area contributed by atoms with Crippen LogP contribution in [0.2, 0.25) is 0 Å². The van der Waals surface area contributed by atoms with Gasteiger partial charge in [-0.2, -0.15) is 11.8 Å². The van der Waals surface area contributed by atoms with Crippen LogP contribution < -0.4 is 10.1 Å². The highest BCUT2D eigenvalue weighted by Gasteiger charge is 2.32. The Morgan fingerprint density at radius 2 is 2.17 bits per heavy atom. The fourth-order valence-electron chi connectivity index (χ4n) is 2.56. The molecule has 0 saturated heterocycles. The summed E-state index contributed by atoms with van der Waals surface area (Å²) >= 11 is 2.02. The lowest BCUT2D eigenvalue weighted by molar-refractivity contribution is 0.395. The van der Waals surface area contributed by atoms with E-state index in [0.29, 0.717) is 10.6 Å². The van der Waals surface area contributed by atoms with Gasteiger partial charge in [-0.25, -0.2) is 4.98 Å². The molecule has 0 aromatic carbocycles. The second-order valence-corrected chi connectivity index (χ2v) is 6.14. The first-order valence-electron chi connectivity index (χ1n) is 6.54. The van der Waals surface area contributed by atoms with Gasteiger partial charge in [0.05, 0.1) is 12.8 Å². The second kappa shape index (κ2) is 6.43. The number of hydrogen-bond donors (Lipinski definition) is 1. The quantitative estimate of drug-likeness (QED) is 0.858. The summed E-state index contributed by atoms with van der Waals surface area (Å²) in [5.41, 5.74) is 1.05. The Hall–Kier alpha value is -0.740. The lowest BCUT2D eigenvalue weighted by atomic mass is 10.1. The molecule has 1 aliphatic rings. The zero-order valence-electron chi connectivity index (χ0n) is 11.2. The van der Waals surface area contributed by atoms with E-state index in [1.54, 1.807) is 7.11 Å². The first-order chi connectivity index (χ1) is 8.78. The van der Waals surface area contributed by atoms with E-state index >= 15 is 0 Å². The molecule has 2 rings (SSSR count). The fraction of sp³-hybridized carbons (Fsp3) is 0.643. The Kier molecular flexibility index (Phi) is 4.89. The number of nitrogens with zero attached hydrogens (tertiary/aromatic N) is 1. The highest BCUT2D eigenvalue weighted by Crippen LogP contribution is 2.39. The second-order valence-electron chi connectivity index (χ2n) is 4.87. The van der Waals surface area contributed by atoms with Gasteiger partial charge in [-0.1, -0.05) is 18.9 Å². The molecule has 4 heteroatoms. The standard InChI is InChI=1S/C14H22N2OS/c1-17-13-7-5-6-12(16-13)10-15-11-14(18-2)8-3-4-9-14/h5-7,15H,3-4,8-11H2,1-2H3. The zero-order valence-corrected chi connectivity index (χ0v) is 12.1. The Morgan fingerprint density at radius 3 is 2.83 bits per heavy atom. The van der Waals surface area contributed by atoms with Crippen LogP contribution in [-0.2, 0) is 6.54 Å². The summed E-state index contributed by atoms with van der Waals surface area (Å²) in [5, 5.41) is 3.55. The van der Waals surface area contributed by atoms with Crippen molar-refractivity contribution in [2.24, 2.45) is 0 Å². The monoisotopic (exact) mass is 266 g/mol. The summed E-state index contributed by atoms with van der Waals surface area (Å²) in [6.45, 7) is 1.90. The Labute approximate surface area is 114 Å². The van der Waals surface area contributed by atoms with Gasteiger partial charge in [0.15, 0.2) is 0 Å². The van der Waals surface area contributed by atoms with Crippen molar-refractivity contribution in [3.8, 4) is 5.88 Å². The summed E-state index contributed by atoms with van der Waals surface area (Å²) < 4.78 is 5.59. The lowest BCUT2D eigenvalue weighted by Crippen LogP contribution is -2.34. The molecule has 0 spiro atoms. The molecule has 1 aromatic heterocycles. The Bertz CT molecular complexity index is 378. The summed E-state index contributed by atoms with van der Waals surface area (Å²) in [4.78, 5) is 4.41. The van der Waals surface area contributed by atoms with Gasteiger partial charge in [0.25, 0.3) is 0 Å². The highest BCUT2D eigenvalue weighted by molar-refractivity contribution is 8.00. The van der Waals surface area contributed by atoms with E-state index in [1.165, 1.54) is 25.7 Å². The van der Waals surface area contributed by atoms with Gasteiger partial charge in [0, 0.05) is 23.9 Å². The van der Waals surface area contributed by atoms with E-state index in [2.05, 4.69) is 16.6 Å². The molecule has 1 aliphatic carbocycles. The van der Waals surface area contributed by atoms with Crippen molar-refractivity contribution >= 4 is 11.8 Å². The first-order valence-corrected chi connectivity index (χ1v) is 7.76. The maximum absolute atomic E-state index is 5.13. The molecule has 0 radical (unpaired) electrons. The lowest BCUT2D eigenvalue weighted by Gasteiger charge is -2.27. The topological polar surface area (TPSA) is 34.1 Å². The smallest absolute Gasteiger partial charge is 0.213 e. The van der Waals surface area contributed by atoms with Crippen LogP contribution in [0.3, 0.4) is 0 Å². The number of aromatic nitrogens is 1. The highest BCUT2D eigenvalue weighted by atomic mass is 32.2. The molecule has 1 heterocycles. The fourth-order valence-corrected chi connectivity index (χ4v) is 3.50. The summed E-state index contributed by atoms with van der Waals surface area (Å²) in [6.07, 6.45) is 7.66. The molecular formula is C14H22N2OS. The van der Waals surface area contributed by atoms with Crippen LogP contribution in [0.1, 0.15) is 31.4 Å². The SMILES string of the molecule is COc1cccc(CNCC2(SC)CCCC2)n1. The molecule has 0 atom stereocenters. The normalized spacial score (nSPS) is 17.9. The predicted molar refractivity (Wildman–Crippen MR) is 77.2 cm³/mol. The minimum Gasteiger partial charge on any atom is -0.481 e. The summed E-state index contributed by atoms with van der Waals surface area (Å²) in [7, 11) is 1.65. The van der Waals surface area contributed by atoms with Gasteiger partial charge < -0.3 is 10.1 Å². The third-order valence-corrected chi connectivity index (χ3v) is 5.11. The van der Waals surface area contributed by atoms with Gasteiger partial charge >= 0.3 is 0 Å². The van der Waals surface area contributed by atoms with Crippen molar-refractivity contribution in [3.63, 3.8) is 0 Å². The van der Waals surface area contributed by atoms with Gasteiger partial charge in [0.2, 0.25) is 5.88 Å². The number of pyridine rings is 1. The average molecular weight is 266 g/mol. The number of nitrogens with one attached hydrogen (secondary N) is 1. The van der Waals surface area contributed by atoms with Gasteiger partial charge in [-0.3, -0.25) is 0 Å². The van der Waals surface area contributed by atoms with Crippen LogP contribution in [0, 0.1) is 0 Å². The molecule has 100 valence electrons. The van der Waals surface area contributed by atoms with Crippen molar-refractivity contribution in [2.45, 2.75) is 37.0 Å². The van der Waals surface area contributed by atoms with Crippen molar-refractivity contribution in [3.05, 3.63) is 23.9 Å². The van der Waals surface area contributed by atoms with E-state index in [9.17, 15) is 0 Å². The predicted octanol–water partition coefficient (Wildman–Crippen LogP) is 2.86. The largest absolute Gasteiger partial charge is 0.481 e. The van der Waals surface area contributed by atoms with Crippen LogP contribution in [0.15, 0.2) is 18.2 Å². The Morgan fingerprint density at radius 1 is 1.39 bits per heavy atom. The third kappa shape index (κ3) is 3.39. The van der Waals surface area contributed by atoms with Crippen LogP contribution >= 0.6 is 11.8 Å². The molecule has 1 N–H and O–H groups in total. The zero-order chi connectivity index (χ0) is 12.8. The number of rotatable bonds is 6. The van der Waals surface area contributed by atoms with Crippen LogP contribution in [0.4, 0.5) is 0 Å². The molecule has 0 aliphatic heterocycles. The average Bonchev–Trinajstić information content (AvgIpc) is 2.88. The van der Waals surface area contributed by atoms with Gasteiger partial charge in [-0.05, 0) is 25.2 Å². The van der Waals surface area contributed by atoms with E-state index in [0.717, 1.165) is 18.8 Å². The number of ether oxygens (including phenoxy) is 1. The molecular weight excluding hydrogens is 244 g/mol. The number of methoxy groups -OCH3 is 1. The van der Waals surface area contributed by atoms with Gasteiger partial charge in [-0.15, -0.1) is 0 Å². The maximum Gasteiger partial charge on any atom is 0.213 e.